The predicted octanol–water partition coefficient (Wildman–Crippen LogP) is 3.37. The lowest BCUT2D eigenvalue weighted by Crippen LogP contribution is -2.02. The fraction of sp³-hybridized carbons (Fsp3) is 0.0769. The molecule has 1 heterocycles. The van der Waals surface area contributed by atoms with Gasteiger partial charge in [0, 0.05) is 28.8 Å². The number of aromatic carboxylic acids is 1. The number of hydrogen-bond donors (Lipinski definition) is 1. The zero-order chi connectivity index (χ0) is 14.2. The molecular formula is C13H9BrClNO3. The predicted molar refractivity (Wildman–Crippen MR) is 75.0 cm³/mol. The lowest BCUT2D eigenvalue weighted by atomic mass is 10.1. The Balaban J connectivity index is 2.44. The quantitative estimate of drug-likeness (QED) is 0.870. The summed E-state index contributed by atoms with van der Waals surface area (Å²) in [5.41, 5.74) is 0.688. The van der Waals surface area contributed by atoms with Crippen LogP contribution in [0.15, 0.2) is 34.9 Å². The van der Waals surface area contributed by atoms with Crippen LogP contribution in [0, 0.1) is 0 Å². The number of rotatable bonds is 3. The van der Waals surface area contributed by atoms with Crippen LogP contribution in [0.1, 0.15) is 26.4 Å². The molecule has 0 spiro atoms. The van der Waals surface area contributed by atoms with Crippen LogP contribution < -0.4 is 0 Å². The molecule has 0 aliphatic carbocycles. The molecule has 4 nitrogen and oxygen atoms in total. The average molecular weight is 343 g/mol. The third-order valence-corrected chi connectivity index (χ3v) is 3.47. The highest BCUT2D eigenvalue weighted by atomic mass is 79.9. The molecule has 0 aliphatic heterocycles. The van der Waals surface area contributed by atoms with Crippen molar-refractivity contribution >= 4 is 39.3 Å². The van der Waals surface area contributed by atoms with E-state index in [9.17, 15) is 9.59 Å². The SMILES string of the molecule is Cn1cc(C(=O)c2ccc(Br)cc2Cl)cc1C(=O)O. The first-order chi connectivity index (χ1) is 8.90. The summed E-state index contributed by atoms with van der Waals surface area (Å²) in [4.78, 5) is 23.2. The number of ketones is 1. The van der Waals surface area contributed by atoms with Gasteiger partial charge in [-0.15, -0.1) is 0 Å². The summed E-state index contributed by atoms with van der Waals surface area (Å²) in [6.45, 7) is 0. The molecule has 2 aromatic rings. The Morgan fingerprint density at radius 2 is 2.00 bits per heavy atom. The highest BCUT2D eigenvalue weighted by Gasteiger charge is 2.18. The van der Waals surface area contributed by atoms with Gasteiger partial charge in [-0.2, -0.15) is 0 Å². The van der Waals surface area contributed by atoms with Gasteiger partial charge in [0.25, 0.3) is 0 Å². The minimum Gasteiger partial charge on any atom is -0.477 e. The van der Waals surface area contributed by atoms with Crippen LogP contribution in [-0.4, -0.2) is 21.4 Å². The van der Waals surface area contributed by atoms with Crippen LogP contribution in [0.4, 0.5) is 0 Å². The highest BCUT2D eigenvalue weighted by molar-refractivity contribution is 9.10. The number of carbonyl (C=O) groups is 2. The van der Waals surface area contributed by atoms with E-state index in [1.165, 1.54) is 16.8 Å². The van der Waals surface area contributed by atoms with Gasteiger partial charge in [0.1, 0.15) is 5.69 Å². The van der Waals surface area contributed by atoms with Crippen molar-refractivity contribution < 1.29 is 14.7 Å². The van der Waals surface area contributed by atoms with E-state index in [-0.39, 0.29) is 11.5 Å². The van der Waals surface area contributed by atoms with Gasteiger partial charge in [0.05, 0.1) is 5.02 Å². The van der Waals surface area contributed by atoms with Crippen LogP contribution in [-0.2, 0) is 7.05 Å². The van der Waals surface area contributed by atoms with E-state index < -0.39 is 5.97 Å². The Bertz CT molecular complexity index is 679. The molecule has 0 atom stereocenters. The molecule has 0 saturated carbocycles. The van der Waals surface area contributed by atoms with Crippen LogP contribution in [0.5, 0.6) is 0 Å². The van der Waals surface area contributed by atoms with E-state index in [2.05, 4.69) is 15.9 Å². The van der Waals surface area contributed by atoms with Gasteiger partial charge in [0.2, 0.25) is 0 Å². The average Bonchev–Trinajstić information content (AvgIpc) is 2.70. The number of carbonyl (C=O) groups excluding carboxylic acids is 1. The van der Waals surface area contributed by atoms with Gasteiger partial charge in [0.15, 0.2) is 5.78 Å². The number of halogens is 2. The third-order valence-electron chi connectivity index (χ3n) is 2.66. The van der Waals surface area contributed by atoms with Gasteiger partial charge < -0.3 is 9.67 Å². The molecule has 1 aromatic carbocycles. The van der Waals surface area contributed by atoms with E-state index >= 15 is 0 Å². The molecular weight excluding hydrogens is 334 g/mol. The Morgan fingerprint density at radius 1 is 1.32 bits per heavy atom. The number of aryl methyl sites for hydroxylation is 1. The minimum atomic E-state index is -1.08. The first-order valence-electron chi connectivity index (χ1n) is 5.29. The molecule has 98 valence electrons. The first-order valence-corrected chi connectivity index (χ1v) is 6.46. The summed E-state index contributed by atoms with van der Waals surface area (Å²) in [6, 6.07) is 6.27. The summed E-state index contributed by atoms with van der Waals surface area (Å²) in [6.07, 6.45) is 1.48. The van der Waals surface area contributed by atoms with Gasteiger partial charge >= 0.3 is 5.97 Å². The maximum Gasteiger partial charge on any atom is 0.352 e. The fourth-order valence-electron chi connectivity index (χ4n) is 1.73. The third kappa shape index (κ3) is 2.72. The molecule has 0 amide bonds. The molecule has 19 heavy (non-hydrogen) atoms. The van der Waals surface area contributed by atoms with Crippen molar-refractivity contribution in [3.8, 4) is 0 Å². The van der Waals surface area contributed by atoms with Gasteiger partial charge in [-0.1, -0.05) is 27.5 Å². The number of hydrogen-bond acceptors (Lipinski definition) is 2. The topological polar surface area (TPSA) is 59.3 Å². The summed E-state index contributed by atoms with van der Waals surface area (Å²) in [5, 5.41) is 9.28. The second kappa shape index (κ2) is 5.19. The summed E-state index contributed by atoms with van der Waals surface area (Å²) in [5.74, 6) is -1.39. The van der Waals surface area contributed by atoms with E-state index in [0.717, 1.165) is 4.47 Å². The fourth-order valence-corrected chi connectivity index (χ4v) is 2.49. The Kier molecular flexibility index (Phi) is 3.78. The second-order valence-corrected chi connectivity index (χ2v) is 5.31. The van der Waals surface area contributed by atoms with Crippen molar-refractivity contribution in [3.63, 3.8) is 0 Å². The van der Waals surface area contributed by atoms with Crippen LogP contribution in [0.2, 0.25) is 5.02 Å². The molecule has 0 bridgehead atoms. The van der Waals surface area contributed by atoms with Crippen molar-refractivity contribution in [2.45, 2.75) is 0 Å². The monoisotopic (exact) mass is 341 g/mol. The van der Waals surface area contributed by atoms with Gasteiger partial charge in [-0.05, 0) is 24.3 Å². The van der Waals surface area contributed by atoms with E-state index in [1.54, 1.807) is 25.2 Å². The highest BCUT2D eigenvalue weighted by Crippen LogP contribution is 2.24. The largest absolute Gasteiger partial charge is 0.477 e. The van der Waals surface area contributed by atoms with Crippen molar-refractivity contribution in [1.29, 1.82) is 0 Å². The van der Waals surface area contributed by atoms with Crippen LogP contribution in [0.3, 0.4) is 0 Å². The van der Waals surface area contributed by atoms with Gasteiger partial charge in [-0.25, -0.2) is 4.79 Å². The normalized spacial score (nSPS) is 10.5. The summed E-state index contributed by atoms with van der Waals surface area (Å²) in [7, 11) is 1.57. The first kappa shape index (κ1) is 13.8. The number of carboxylic acids is 1. The lowest BCUT2D eigenvalue weighted by Gasteiger charge is -2.02. The maximum atomic E-state index is 12.3. The Morgan fingerprint density at radius 3 is 2.53 bits per heavy atom. The van der Waals surface area contributed by atoms with Crippen LogP contribution >= 0.6 is 27.5 Å². The maximum absolute atomic E-state index is 12.3. The number of benzene rings is 1. The molecule has 6 heteroatoms. The molecule has 0 aliphatic rings. The van der Waals surface area contributed by atoms with Crippen molar-refractivity contribution in [2.24, 2.45) is 7.05 Å². The van der Waals surface area contributed by atoms with Crippen LogP contribution in [0.25, 0.3) is 0 Å². The Labute approximate surface area is 122 Å². The molecule has 0 saturated heterocycles. The molecule has 0 radical (unpaired) electrons. The molecule has 2 rings (SSSR count). The van der Waals surface area contributed by atoms with Gasteiger partial charge in [-0.3, -0.25) is 4.79 Å². The smallest absolute Gasteiger partial charge is 0.352 e. The second-order valence-electron chi connectivity index (χ2n) is 3.98. The summed E-state index contributed by atoms with van der Waals surface area (Å²) >= 11 is 9.27. The van der Waals surface area contributed by atoms with Crippen molar-refractivity contribution in [2.75, 3.05) is 0 Å². The molecule has 1 aromatic heterocycles. The summed E-state index contributed by atoms with van der Waals surface area (Å²) < 4.78 is 2.16. The van der Waals surface area contributed by atoms with E-state index in [0.29, 0.717) is 16.1 Å². The van der Waals surface area contributed by atoms with E-state index in [1.807, 2.05) is 0 Å². The minimum absolute atomic E-state index is 0.0524. The standard InChI is InChI=1S/C13H9BrClNO3/c1-16-6-7(4-11(16)13(18)19)12(17)9-3-2-8(14)5-10(9)15/h2-6H,1H3,(H,18,19). The Hall–Kier alpha value is -1.59. The number of nitrogens with zero attached hydrogens (tertiary/aromatic N) is 1. The molecule has 0 unspecified atom stereocenters. The molecule has 1 N–H and O–H groups in total. The lowest BCUT2D eigenvalue weighted by molar-refractivity contribution is 0.0686. The molecule has 0 fully saturated rings. The van der Waals surface area contributed by atoms with Crippen molar-refractivity contribution in [3.05, 3.63) is 56.8 Å². The zero-order valence-electron chi connectivity index (χ0n) is 9.85. The number of aromatic nitrogens is 1. The van der Waals surface area contributed by atoms with E-state index in [4.69, 9.17) is 16.7 Å². The van der Waals surface area contributed by atoms with Crippen molar-refractivity contribution in [1.82, 2.24) is 4.57 Å². The number of carboxylic acid groups (broad SMARTS) is 1. The zero-order valence-corrected chi connectivity index (χ0v) is 12.2.